The minimum Gasteiger partial charge on any atom is -0.493 e. The summed E-state index contributed by atoms with van der Waals surface area (Å²) in [5.74, 6) is 1.63. The van der Waals surface area contributed by atoms with Crippen molar-refractivity contribution in [2.75, 3.05) is 33.9 Å². The number of thiocarbonyl (C=S) groups is 1. The molecule has 0 bridgehead atoms. The van der Waals surface area contributed by atoms with Crippen molar-refractivity contribution in [1.82, 2.24) is 15.5 Å². The summed E-state index contributed by atoms with van der Waals surface area (Å²) in [6.07, 6.45) is 8.17. The first-order valence-corrected chi connectivity index (χ1v) is 12.0. The Morgan fingerprint density at radius 3 is 2.67 bits per heavy atom. The monoisotopic (exact) mass is 433 g/mol. The largest absolute Gasteiger partial charge is 0.493 e. The number of likely N-dealkylation sites (tertiary alicyclic amines) is 1. The summed E-state index contributed by atoms with van der Waals surface area (Å²) in [7, 11) is 3.42. The molecule has 1 saturated carbocycles. The second kappa shape index (κ2) is 10.7. The SMILES string of the molecule is CCCCNC(=S)N[C@@H]1CC[C@@]2(c3ccc(OC)c(OC)c3)CCN(CCC)[C@H]2C1. The van der Waals surface area contributed by atoms with Crippen LogP contribution in [0.1, 0.15) is 64.4 Å². The van der Waals surface area contributed by atoms with Crippen LogP contribution >= 0.6 is 12.2 Å². The molecule has 0 amide bonds. The number of nitrogens with one attached hydrogen (secondary N) is 2. The maximum absolute atomic E-state index is 5.63. The molecule has 2 fully saturated rings. The summed E-state index contributed by atoms with van der Waals surface area (Å²) >= 11 is 5.56. The fraction of sp³-hybridized carbons (Fsp3) is 0.708. The summed E-state index contributed by atoms with van der Waals surface area (Å²) < 4.78 is 11.1. The Hall–Kier alpha value is -1.53. The minimum absolute atomic E-state index is 0.185. The number of fused-ring (bicyclic) bond motifs is 1. The van der Waals surface area contributed by atoms with Gasteiger partial charge in [-0.2, -0.15) is 0 Å². The van der Waals surface area contributed by atoms with E-state index in [4.69, 9.17) is 21.7 Å². The fourth-order valence-electron chi connectivity index (χ4n) is 5.43. The number of unbranched alkanes of at least 4 members (excludes halogenated alkanes) is 1. The van der Waals surface area contributed by atoms with E-state index in [0.717, 1.165) is 49.0 Å². The van der Waals surface area contributed by atoms with Crippen molar-refractivity contribution < 1.29 is 9.47 Å². The Morgan fingerprint density at radius 2 is 1.97 bits per heavy atom. The van der Waals surface area contributed by atoms with Gasteiger partial charge >= 0.3 is 0 Å². The first-order valence-electron chi connectivity index (χ1n) is 11.6. The standard InChI is InChI=1S/C24H39N3O2S/c1-5-7-13-25-23(30)26-19-10-11-24(12-15-27(14-6-2)22(24)17-19)18-8-9-20(28-3)21(16-18)29-4/h8-9,16,19,22H,5-7,10-15,17H2,1-4H3,(H2,25,26,30)/t19-,22+,24+/m1/s1. The summed E-state index contributed by atoms with van der Waals surface area (Å²) in [4.78, 5) is 2.71. The lowest BCUT2D eigenvalue weighted by molar-refractivity contribution is 0.139. The average Bonchev–Trinajstić information content (AvgIpc) is 3.12. The van der Waals surface area contributed by atoms with Crippen LogP contribution in [0, 0.1) is 0 Å². The number of hydrogen-bond donors (Lipinski definition) is 2. The highest BCUT2D eigenvalue weighted by molar-refractivity contribution is 7.80. The van der Waals surface area contributed by atoms with Crippen LogP contribution in [0.25, 0.3) is 0 Å². The molecule has 2 aliphatic rings. The van der Waals surface area contributed by atoms with Crippen molar-refractivity contribution in [3.05, 3.63) is 23.8 Å². The normalized spacial score (nSPS) is 26.1. The molecule has 0 aromatic heterocycles. The first kappa shape index (κ1) is 23.1. The lowest BCUT2D eigenvalue weighted by Crippen LogP contribution is -2.53. The maximum Gasteiger partial charge on any atom is 0.166 e. The highest BCUT2D eigenvalue weighted by Crippen LogP contribution is 2.50. The third-order valence-electron chi connectivity index (χ3n) is 6.99. The first-order chi connectivity index (χ1) is 14.6. The molecular formula is C24H39N3O2S. The van der Waals surface area contributed by atoms with Gasteiger partial charge in [0.1, 0.15) is 0 Å². The van der Waals surface area contributed by atoms with E-state index < -0.39 is 0 Å². The lowest BCUT2D eigenvalue weighted by atomic mass is 9.65. The zero-order chi connectivity index (χ0) is 21.6. The summed E-state index contributed by atoms with van der Waals surface area (Å²) in [5.41, 5.74) is 1.58. The van der Waals surface area contributed by atoms with Gasteiger partial charge in [0.2, 0.25) is 0 Å². The van der Waals surface area contributed by atoms with E-state index in [1.165, 1.54) is 37.8 Å². The molecule has 6 heteroatoms. The summed E-state index contributed by atoms with van der Waals surface area (Å²) in [5, 5.41) is 7.80. The summed E-state index contributed by atoms with van der Waals surface area (Å²) in [6.45, 7) is 7.76. The smallest absolute Gasteiger partial charge is 0.166 e. The van der Waals surface area contributed by atoms with Crippen LogP contribution in [0.4, 0.5) is 0 Å². The van der Waals surface area contributed by atoms with Crippen molar-refractivity contribution in [2.24, 2.45) is 0 Å². The van der Waals surface area contributed by atoms with Crippen LogP contribution in [0.3, 0.4) is 0 Å². The van der Waals surface area contributed by atoms with Gasteiger partial charge in [-0.15, -0.1) is 0 Å². The zero-order valence-corrected chi connectivity index (χ0v) is 19.9. The van der Waals surface area contributed by atoms with E-state index >= 15 is 0 Å². The number of hydrogen-bond acceptors (Lipinski definition) is 4. The third-order valence-corrected chi connectivity index (χ3v) is 7.25. The van der Waals surface area contributed by atoms with E-state index in [2.05, 4.69) is 47.6 Å². The summed E-state index contributed by atoms with van der Waals surface area (Å²) in [6, 6.07) is 7.50. The Balaban J connectivity index is 1.79. The van der Waals surface area contributed by atoms with Crippen LogP contribution in [0.5, 0.6) is 11.5 Å². The number of methoxy groups -OCH3 is 2. The zero-order valence-electron chi connectivity index (χ0n) is 19.1. The molecular weight excluding hydrogens is 394 g/mol. The second-order valence-electron chi connectivity index (χ2n) is 8.75. The van der Waals surface area contributed by atoms with Crippen molar-refractivity contribution in [3.8, 4) is 11.5 Å². The predicted octanol–water partition coefficient (Wildman–Crippen LogP) is 4.24. The van der Waals surface area contributed by atoms with Gasteiger partial charge in [-0.25, -0.2) is 0 Å². The molecule has 1 aliphatic heterocycles. The van der Waals surface area contributed by atoms with Crippen LogP contribution in [-0.2, 0) is 5.41 Å². The number of rotatable bonds is 9. The molecule has 1 aromatic carbocycles. The average molecular weight is 434 g/mol. The van der Waals surface area contributed by atoms with E-state index in [1.54, 1.807) is 14.2 Å². The number of nitrogens with zero attached hydrogens (tertiary/aromatic N) is 1. The van der Waals surface area contributed by atoms with E-state index in [0.29, 0.717) is 12.1 Å². The van der Waals surface area contributed by atoms with E-state index in [1.807, 2.05) is 0 Å². The van der Waals surface area contributed by atoms with Crippen LogP contribution in [0.15, 0.2) is 18.2 Å². The molecule has 1 heterocycles. The van der Waals surface area contributed by atoms with E-state index in [9.17, 15) is 0 Å². The Morgan fingerprint density at radius 1 is 1.17 bits per heavy atom. The maximum atomic E-state index is 5.63. The molecule has 0 unspecified atom stereocenters. The molecule has 30 heavy (non-hydrogen) atoms. The molecule has 3 rings (SSSR count). The molecule has 168 valence electrons. The number of ether oxygens (including phenoxy) is 2. The van der Waals surface area contributed by atoms with Crippen molar-refractivity contribution in [3.63, 3.8) is 0 Å². The minimum atomic E-state index is 0.185. The molecule has 1 aromatic rings. The van der Waals surface area contributed by atoms with E-state index in [-0.39, 0.29) is 5.41 Å². The van der Waals surface area contributed by atoms with Gasteiger partial charge in [-0.3, -0.25) is 4.90 Å². The third kappa shape index (κ3) is 4.86. The Labute approximate surface area is 187 Å². The molecule has 1 saturated heterocycles. The fourth-order valence-corrected chi connectivity index (χ4v) is 5.70. The van der Waals surface area contributed by atoms with Crippen LogP contribution in [0.2, 0.25) is 0 Å². The van der Waals surface area contributed by atoms with Gasteiger partial charge in [0, 0.05) is 24.0 Å². The van der Waals surface area contributed by atoms with Crippen molar-refractivity contribution in [2.45, 2.75) is 76.3 Å². The van der Waals surface area contributed by atoms with Crippen molar-refractivity contribution >= 4 is 17.3 Å². The highest BCUT2D eigenvalue weighted by atomic mass is 32.1. The van der Waals surface area contributed by atoms with Gasteiger partial charge in [-0.1, -0.05) is 26.3 Å². The second-order valence-corrected chi connectivity index (χ2v) is 9.16. The molecule has 3 atom stereocenters. The van der Waals surface area contributed by atoms with Gasteiger partial charge in [-0.05, 0) is 81.5 Å². The highest BCUT2D eigenvalue weighted by Gasteiger charge is 2.51. The molecule has 2 N–H and O–H groups in total. The topological polar surface area (TPSA) is 45.8 Å². The van der Waals surface area contributed by atoms with Gasteiger partial charge in [0.25, 0.3) is 0 Å². The van der Waals surface area contributed by atoms with Gasteiger partial charge < -0.3 is 20.1 Å². The van der Waals surface area contributed by atoms with Gasteiger partial charge in [0.15, 0.2) is 16.6 Å². The molecule has 0 spiro atoms. The quantitative estimate of drug-likeness (QED) is 0.449. The Bertz CT molecular complexity index is 714. The predicted molar refractivity (Wildman–Crippen MR) is 128 cm³/mol. The molecule has 0 radical (unpaired) electrons. The molecule has 1 aliphatic carbocycles. The lowest BCUT2D eigenvalue weighted by Gasteiger charge is -2.46. The Kier molecular flexibility index (Phi) is 8.23. The molecule has 5 nitrogen and oxygen atoms in total. The van der Waals surface area contributed by atoms with Crippen molar-refractivity contribution in [1.29, 1.82) is 0 Å². The van der Waals surface area contributed by atoms with Crippen LogP contribution in [-0.4, -0.2) is 55.9 Å². The van der Waals surface area contributed by atoms with Gasteiger partial charge in [0.05, 0.1) is 14.2 Å². The number of benzene rings is 1. The van der Waals surface area contributed by atoms with Crippen LogP contribution < -0.4 is 20.1 Å².